The molecule has 25 heavy (non-hydrogen) atoms. The van der Waals surface area contributed by atoms with E-state index < -0.39 is 17.6 Å². The minimum Gasteiger partial charge on any atom is -0.423 e. The van der Waals surface area contributed by atoms with Crippen LogP contribution in [0.2, 0.25) is 0 Å². The molecule has 1 amide bonds. The summed E-state index contributed by atoms with van der Waals surface area (Å²) in [5.41, 5.74) is 5.21. The summed E-state index contributed by atoms with van der Waals surface area (Å²) in [7, 11) is 0. The normalized spacial score (nSPS) is 11.3. The Balaban J connectivity index is 1.83. The van der Waals surface area contributed by atoms with Crippen LogP contribution in [0.25, 0.3) is 11.3 Å². The second kappa shape index (κ2) is 6.27. The van der Waals surface area contributed by atoms with Gasteiger partial charge in [-0.25, -0.2) is 9.97 Å². The summed E-state index contributed by atoms with van der Waals surface area (Å²) in [6.07, 6.45) is -1.64. The molecule has 0 aliphatic heterocycles. The third kappa shape index (κ3) is 3.60. The van der Waals surface area contributed by atoms with Gasteiger partial charge in [-0.3, -0.25) is 4.79 Å². The van der Waals surface area contributed by atoms with Gasteiger partial charge in [0.05, 0.1) is 17.4 Å². The fraction of sp³-hybridized carbons (Fsp3) is 0.0625. The van der Waals surface area contributed by atoms with Gasteiger partial charge in [-0.1, -0.05) is 12.1 Å². The van der Waals surface area contributed by atoms with Gasteiger partial charge in [0.15, 0.2) is 11.5 Å². The number of nitrogens with two attached hydrogens (primary N) is 1. The highest BCUT2D eigenvalue weighted by Crippen LogP contribution is 2.31. The molecule has 2 heterocycles. The number of carbonyl (C=O) groups is 1. The van der Waals surface area contributed by atoms with Crippen LogP contribution in [0.4, 0.5) is 24.9 Å². The topological polar surface area (TPSA) is 94.0 Å². The number of carbonyl (C=O) groups excluding carboxylic acids is 1. The zero-order chi connectivity index (χ0) is 18.0. The van der Waals surface area contributed by atoms with Gasteiger partial charge in [-0.05, 0) is 24.3 Å². The molecule has 0 bridgehead atoms. The Kier molecular flexibility index (Phi) is 4.14. The fourth-order valence-corrected chi connectivity index (χ4v) is 2.11. The van der Waals surface area contributed by atoms with Gasteiger partial charge < -0.3 is 15.5 Å². The molecule has 0 atom stereocenters. The first-order valence-electron chi connectivity index (χ1n) is 7.00. The molecule has 0 radical (unpaired) electrons. The van der Waals surface area contributed by atoms with E-state index >= 15 is 0 Å². The van der Waals surface area contributed by atoms with E-state index in [4.69, 9.17) is 10.2 Å². The summed E-state index contributed by atoms with van der Waals surface area (Å²) in [5, 5.41) is 2.76. The van der Waals surface area contributed by atoms with Gasteiger partial charge in [0.25, 0.3) is 11.9 Å². The highest BCUT2D eigenvalue weighted by molar-refractivity contribution is 5.96. The number of alkyl halides is 3. The number of anilines is 2. The molecule has 3 aromatic rings. The third-order valence-electron chi connectivity index (χ3n) is 3.29. The maximum absolute atomic E-state index is 12.6. The summed E-state index contributed by atoms with van der Waals surface area (Å²) in [5.74, 6) is -0.460. The number of oxazole rings is 1. The molecule has 3 N–H and O–H groups in total. The molecule has 0 fully saturated rings. The zero-order valence-corrected chi connectivity index (χ0v) is 12.5. The lowest BCUT2D eigenvalue weighted by atomic mass is 10.1. The van der Waals surface area contributed by atoms with E-state index in [0.717, 1.165) is 12.1 Å². The van der Waals surface area contributed by atoms with Crippen molar-refractivity contribution in [2.24, 2.45) is 5.73 Å². The maximum atomic E-state index is 12.6. The van der Waals surface area contributed by atoms with Crippen molar-refractivity contribution in [3.05, 3.63) is 60.0 Å². The van der Waals surface area contributed by atoms with Gasteiger partial charge in [0.1, 0.15) is 0 Å². The second-order valence-corrected chi connectivity index (χ2v) is 4.99. The molecule has 0 spiro atoms. The fourth-order valence-electron chi connectivity index (χ4n) is 2.11. The largest absolute Gasteiger partial charge is 0.423 e. The zero-order valence-electron chi connectivity index (χ0n) is 12.5. The SMILES string of the molecule is NC(=O)c1ncccc1Nc1ncc(-c2ccc(C(F)(F)F)cc2)o1. The van der Waals surface area contributed by atoms with E-state index in [-0.39, 0.29) is 17.5 Å². The number of nitrogens with zero attached hydrogens (tertiary/aromatic N) is 2. The summed E-state index contributed by atoms with van der Waals surface area (Å²) in [6, 6.07) is 7.68. The molecule has 0 unspecified atom stereocenters. The van der Waals surface area contributed by atoms with Crippen molar-refractivity contribution < 1.29 is 22.4 Å². The van der Waals surface area contributed by atoms with Gasteiger partial charge in [-0.2, -0.15) is 13.2 Å². The number of pyridine rings is 1. The molecule has 0 saturated carbocycles. The third-order valence-corrected chi connectivity index (χ3v) is 3.29. The average molecular weight is 348 g/mol. The minimum atomic E-state index is -4.40. The van der Waals surface area contributed by atoms with Crippen molar-refractivity contribution in [2.45, 2.75) is 6.18 Å². The van der Waals surface area contributed by atoms with Crippen LogP contribution >= 0.6 is 0 Å². The first kappa shape index (κ1) is 16.5. The molecule has 0 saturated heterocycles. The Bertz CT molecular complexity index is 904. The molecular formula is C16H11F3N4O2. The quantitative estimate of drug-likeness (QED) is 0.751. The number of halogens is 3. The first-order chi connectivity index (χ1) is 11.8. The Morgan fingerprint density at radius 3 is 2.48 bits per heavy atom. The van der Waals surface area contributed by atoms with E-state index in [1.165, 1.54) is 24.5 Å². The lowest BCUT2D eigenvalue weighted by Gasteiger charge is -2.06. The second-order valence-electron chi connectivity index (χ2n) is 4.99. The van der Waals surface area contributed by atoms with E-state index in [2.05, 4.69) is 15.3 Å². The Morgan fingerprint density at radius 2 is 1.84 bits per heavy atom. The van der Waals surface area contributed by atoms with Gasteiger partial charge in [0.2, 0.25) is 0 Å². The summed E-state index contributed by atoms with van der Waals surface area (Å²) < 4.78 is 43.2. The van der Waals surface area contributed by atoms with Crippen LogP contribution in [-0.2, 0) is 6.18 Å². The van der Waals surface area contributed by atoms with Crippen LogP contribution in [0.15, 0.2) is 53.2 Å². The van der Waals surface area contributed by atoms with Gasteiger partial charge in [-0.15, -0.1) is 0 Å². The number of aromatic nitrogens is 2. The van der Waals surface area contributed by atoms with Crippen molar-refractivity contribution in [2.75, 3.05) is 5.32 Å². The molecule has 1 aromatic carbocycles. The molecule has 0 aliphatic carbocycles. The van der Waals surface area contributed by atoms with Gasteiger partial charge in [0, 0.05) is 11.8 Å². The van der Waals surface area contributed by atoms with E-state index in [9.17, 15) is 18.0 Å². The summed E-state index contributed by atoms with van der Waals surface area (Å²) in [6.45, 7) is 0. The highest BCUT2D eigenvalue weighted by Gasteiger charge is 2.30. The lowest BCUT2D eigenvalue weighted by Crippen LogP contribution is -2.15. The van der Waals surface area contributed by atoms with Crippen molar-refractivity contribution in [3.63, 3.8) is 0 Å². The highest BCUT2D eigenvalue weighted by atomic mass is 19.4. The Morgan fingerprint density at radius 1 is 1.12 bits per heavy atom. The van der Waals surface area contributed by atoms with Crippen molar-refractivity contribution >= 4 is 17.6 Å². The molecule has 0 aliphatic rings. The first-order valence-corrected chi connectivity index (χ1v) is 7.00. The van der Waals surface area contributed by atoms with E-state index in [1.54, 1.807) is 12.1 Å². The van der Waals surface area contributed by atoms with Crippen LogP contribution < -0.4 is 11.1 Å². The Labute approximate surface area is 139 Å². The standard InChI is InChI=1S/C16H11F3N4O2/c17-16(18,19)10-5-3-9(4-6-10)12-8-22-15(25-12)23-11-2-1-7-21-13(11)14(20)24/h1-8H,(H2,20,24)(H,22,23). The number of hydrogen-bond acceptors (Lipinski definition) is 5. The van der Waals surface area contributed by atoms with E-state index in [1.807, 2.05) is 0 Å². The molecule has 2 aromatic heterocycles. The summed E-state index contributed by atoms with van der Waals surface area (Å²) >= 11 is 0. The van der Waals surface area contributed by atoms with Crippen LogP contribution in [0, 0.1) is 0 Å². The minimum absolute atomic E-state index is 0.0109. The number of rotatable bonds is 4. The van der Waals surface area contributed by atoms with E-state index in [0.29, 0.717) is 11.3 Å². The average Bonchev–Trinajstić information content (AvgIpc) is 3.03. The van der Waals surface area contributed by atoms with Crippen LogP contribution in [0.3, 0.4) is 0 Å². The number of nitrogens with one attached hydrogen (secondary N) is 1. The lowest BCUT2D eigenvalue weighted by molar-refractivity contribution is -0.137. The van der Waals surface area contributed by atoms with Crippen molar-refractivity contribution in [1.82, 2.24) is 9.97 Å². The number of hydrogen-bond donors (Lipinski definition) is 2. The molecule has 6 nitrogen and oxygen atoms in total. The summed E-state index contributed by atoms with van der Waals surface area (Å²) in [4.78, 5) is 19.2. The van der Waals surface area contributed by atoms with Crippen molar-refractivity contribution in [3.8, 4) is 11.3 Å². The number of amides is 1. The van der Waals surface area contributed by atoms with Crippen LogP contribution in [-0.4, -0.2) is 15.9 Å². The molecule has 9 heteroatoms. The molecule has 128 valence electrons. The molecular weight excluding hydrogens is 337 g/mol. The Hall–Kier alpha value is -3.36. The maximum Gasteiger partial charge on any atom is 0.416 e. The van der Waals surface area contributed by atoms with Crippen LogP contribution in [0.1, 0.15) is 16.1 Å². The smallest absolute Gasteiger partial charge is 0.416 e. The predicted molar refractivity (Wildman–Crippen MR) is 83.0 cm³/mol. The van der Waals surface area contributed by atoms with Gasteiger partial charge >= 0.3 is 6.18 Å². The van der Waals surface area contributed by atoms with Crippen LogP contribution in [0.5, 0.6) is 0 Å². The number of primary amides is 1. The monoisotopic (exact) mass is 348 g/mol. The number of benzene rings is 1. The van der Waals surface area contributed by atoms with Crippen molar-refractivity contribution in [1.29, 1.82) is 0 Å². The molecule has 3 rings (SSSR count). The predicted octanol–water partition coefficient (Wildman–Crippen LogP) is 3.60.